The van der Waals surface area contributed by atoms with E-state index >= 15 is 0 Å². The Morgan fingerprint density at radius 3 is 2.20 bits per heavy atom. The van der Waals surface area contributed by atoms with Crippen LogP contribution in [-0.4, -0.2) is 5.92 Å². The van der Waals surface area contributed by atoms with Crippen LogP contribution in [0.25, 0.3) is 0 Å². The SMILES string of the molecule is C[C@]12CC[C@H](CC1(F)F)C2. The Hall–Kier alpha value is -0.140. The van der Waals surface area contributed by atoms with Crippen molar-refractivity contribution in [3.63, 3.8) is 0 Å². The lowest BCUT2D eigenvalue weighted by Crippen LogP contribution is -2.33. The predicted octanol–water partition coefficient (Wildman–Crippen LogP) is 2.83. The van der Waals surface area contributed by atoms with Crippen LogP contribution in [0.15, 0.2) is 0 Å². The van der Waals surface area contributed by atoms with Gasteiger partial charge in [0.25, 0.3) is 5.92 Å². The topological polar surface area (TPSA) is 0 Å². The molecule has 58 valence electrons. The molecule has 0 nitrogen and oxygen atoms in total. The van der Waals surface area contributed by atoms with E-state index in [9.17, 15) is 8.78 Å². The Kier molecular flexibility index (Phi) is 1.01. The molecular formula is C8H12F2. The van der Waals surface area contributed by atoms with E-state index in [4.69, 9.17) is 0 Å². The summed E-state index contributed by atoms with van der Waals surface area (Å²) in [5.41, 5.74) is -0.627. The highest BCUT2D eigenvalue weighted by Crippen LogP contribution is 2.61. The fourth-order valence-electron chi connectivity index (χ4n) is 2.48. The maximum atomic E-state index is 13.0. The summed E-state index contributed by atoms with van der Waals surface area (Å²) in [5, 5.41) is 0. The standard InChI is InChI=1S/C8H12F2/c1-7-3-2-6(4-7)5-8(7,9)10/h6H,2-5H2,1H3/t6-,7+/m0/s1. The number of halogens is 2. The maximum absolute atomic E-state index is 13.0. The molecular weight excluding hydrogens is 134 g/mol. The first-order chi connectivity index (χ1) is 4.54. The first kappa shape index (κ1) is 6.56. The van der Waals surface area contributed by atoms with Crippen molar-refractivity contribution >= 4 is 0 Å². The summed E-state index contributed by atoms with van der Waals surface area (Å²) >= 11 is 0. The largest absolute Gasteiger partial charge is 0.253 e. The molecule has 0 radical (unpaired) electrons. The first-order valence-electron chi connectivity index (χ1n) is 3.91. The normalized spacial score (nSPS) is 50.1. The summed E-state index contributed by atoms with van der Waals surface area (Å²) in [6.45, 7) is 1.74. The third-order valence-corrected chi connectivity index (χ3v) is 3.27. The molecule has 0 spiro atoms. The van der Waals surface area contributed by atoms with Crippen molar-refractivity contribution in [1.82, 2.24) is 0 Å². The summed E-state index contributed by atoms with van der Waals surface area (Å²) in [6, 6.07) is 0. The third kappa shape index (κ3) is 0.599. The molecule has 0 saturated heterocycles. The molecule has 2 bridgehead atoms. The van der Waals surface area contributed by atoms with Gasteiger partial charge in [-0.2, -0.15) is 0 Å². The van der Waals surface area contributed by atoms with Gasteiger partial charge in [0.05, 0.1) is 0 Å². The predicted molar refractivity (Wildman–Crippen MR) is 35.0 cm³/mol. The lowest BCUT2D eigenvalue weighted by Gasteiger charge is -2.30. The average molecular weight is 146 g/mol. The molecule has 0 N–H and O–H groups in total. The maximum Gasteiger partial charge on any atom is 0.253 e. The van der Waals surface area contributed by atoms with E-state index in [1.54, 1.807) is 6.92 Å². The van der Waals surface area contributed by atoms with Gasteiger partial charge >= 0.3 is 0 Å². The van der Waals surface area contributed by atoms with Crippen LogP contribution in [-0.2, 0) is 0 Å². The van der Waals surface area contributed by atoms with Crippen LogP contribution in [0, 0.1) is 11.3 Å². The second-order valence-electron chi connectivity index (χ2n) is 4.08. The first-order valence-corrected chi connectivity index (χ1v) is 3.91. The zero-order valence-electron chi connectivity index (χ0n) is 6.16. The molecule has 0 aromatic heterocycles. The molecule has 2 heteroatoms. The van der Waals surface area contributed by atoms with Crippen molar-refractivity contribution in [1.29, 1.82) is 0 Å². The molecule has 2 fully saturated rings. The van der Waals surface area contributed by atoms with Crippen molar-refractivity contribution in [3.05, 3.63) is 0 Å². The minimum Gasteiger partial charge on any atom is -0.206 e. The van der Waals surface area contributed by atoms with E-state index in [1.807, 2.05) is 0 Å². The van der Waals surface area contributed by atoms with Crippen LogP contribution >= 0.6 is 0 Å². The van der Waals surface area contributed by atoms with Gasteiger partial charge in [-0.1, -0.05) is 6.92 Å². The van der Waals surface area contributed by atoms with Gasteiger partial charge < -0.3 is 0 Å². The lowest BCUT2D eigenvalue weighted by atomic mass is 9.83. The fourth-order valence-corrected chi connectivity index (χ4v) is 2.48. The summed E-state index contributed by atoms with van der Waals surface area (Å²) in [6.07, 6.45) is 2.69. The van der Waals surface area contributed by atoms with Crippen molar-refractivity contribution in [2.45, 2.75) is 38.5 Å². The lowest BCUT2D eigenvalue weighted by molar-refractivity contribution is -0.101. The molecule has 0 aliphatic heterocycles. The zero-order valence-corrected chi connectivity index (χ0v) is 6.16. The molecule has 2 rings (SSSR count). The van der Waals surface area contributed by atoms with E-state index in [0.29, 0.717) is 5.92 Å². The van der Waals surface area contributed by atoms with E-state index in [-0.39, 0.29) is 6.42 Å². The molecule has 0 aromatic rings. The summed E-state index contributed by atoms with van der Waals surface area (Å²) in [7, 11) is 0. The quantitative estimate of drug-likeness (QED) is 0.493. The molecule has 0 heterocycles. The Morgan fingerprint density at radius 2 is 2.00 bits per heavy atom. The van der Waals surface area contributed by atoms with Gasteiger partial charge in [0.2, 0.25) is 0 Å². The van der Waals surface area contributed by atoms with Crippen molar-refractivity contribution < 1.29 is 8.78 Å². The average Bonchev–Trinajstić information content (AvgIpc) is 2.18. The smallest absolute Gasteiger partial charge is 0.206 e. The molecule has 2 atom stereocenters. The monoisotopic (exact) mass is 146 g/mol. The van der Waals surface area contributed by atoms with E-state index in [2.05, 4.69) is 0 Å². The fraction of sp³-hybridized carbons (Fsp3) is 1.00. The number of alkyl halides is 2. The Labute approximate surface area is 59.6 Å². The molecule has 2 aliphatic carbocycles. The number of rotatable bonds is 0. The molecule has 0 unspecified atom stereocenters. The number of hydrogen-bond acceptors (Lipinski definition) is 0. The van der Waals surface area contributed by atoms with Crippen LogP contribution in [0.2, 0.25) is 0 Å². The van der Waals surface area contributed by atoms with E-state index in [1.165, 1.54) is 0 Å². The van der Waals surface area contributed by atoms with Gasteiger partial charge in [-0.15, -0.1) is 0 Å². The van der Waals surface area contributed by atoms with Crippen molar-refractivity contribution in [2.75, 3.05) is 0 Å². The van der Waals surface area contributed by atoms with Crippen molar-refractivity contribution in [2.24, 2.45) is 11.3 Å². The second-order valence-corrected chi connectivity index (χ2v) is 4.08. The van der Waals surface area contributed by atoms with Crippen LogP contribution in [0.5, 0.6) is 0 Å². The van der Waals surface area contributed by atoms with Gasteiger partial charge in [0.1, 0.15) is 0 Å². The minimum absolute atomic E-state index is 0.156. The van der Waals surface area contributed by atoms with Gasteiger partial charge in [-0.05, 0) is 25.2 Å². The number of fused-ring (bicyclic) bond motifs is 2. The summed E-state index contributed by atoms with van der Waals surface area (Å²) in [4.78, 5) is 0. The Bertz CT molecular complexity index is 163. The molecule has 10 heavy (non-hydrogen) atoms. The molecule has 0 aromatic carbocycles. The summed E-state index contributed by atoms with van der Waals surface area (Å²) in [5.74, 6) is -2.02. The third-order valence-electron chi connectivity index (χ3n) is 3.27. The van der Waals surface area contributed by atoms with Crippen LogP contribution in [0.1, 0.15) is 32.6 Å². The van der Waals surface area contributed by atoms with E-state index < -0.39 is 11.3 Å². The second kappa shape index (κ2) is 1.54. The molecule has 2 saturated carbocycles. The van der Waals surface area contributed by atoms with Gasteiger partial charge in [-0.3, -0.25) is 0 Å². The minimum atomic E-state index is -2.35. The van der Waals surface area contributed by atoms with E-state index in [0.717, 1.165) is 19.3 Å². The molecule has 0 amide bonds. The van der Waals surface area contributed by atoms with Crippen LogP contribution in [0.4, 0.5) is 8.78 Å². The van der Waals surface area contributed by atoms with Gasteiger partial charge in [-0.25, -0.2) is 8.78 Å². The Balaban J connectivity index is 2.31. The zero-order chi connectivity index (χ0) is 7.41. The number of hydrogen-bond donors (Lipinski definition) is 0. The van der Waals surface area contributed by atoms with Crippen LogP contribution in [0.3, 0.4) is 0 Å². The highest BCUT2D eigenvalue weighted by molar-refractivity contribution is 5.03. The van der Waals surface area contributed by atoms with Gasteiger partial charge in [0.15, 0.2) is 0 Å². The van der Waals surface area contributed by atoms with Crippen molar-refractivity contribution in [3.8, 4) is 0 Å². The highest BCUT2D eigenvalue weighted by atomic mass is 19.3. The highest BCUT2D eigenvalue weighted by Gasteiger charge is 2.60. The molecule has 2 aliphatic rings. The summed E-state index contributed by atoms with van der Waals surface area (Å²) < 4.78 is 26.0. The van der Waals surface area contributed by atoms with Gasteiger partial charge in [0, 0.05) is 11.8 Å². The van der Waals surface area contributed by atoms with Crippen LogP contribution < -0.4 is 0 Å². The Morgan fingerprint density at radius 1 is 1.30 bits per heavy atom.